The second kappa shape index (κ2) is 3.27. The Morgan fingerprint density at radius 3 is 2.06 bits per heavy atom. The van der Waals surface area contributed by atoms with Gasteiger partial charge in [0.2, 0.25) is 0 Å². The number of hydrogen-bond acceptors (Lipinski definition) is 0. The SMILES string of the molecule is CC1(C)CC2CC(C1)C1CC(C)(C)CCC21. The van der Waals surface area contributed by atoms with Crippen molar-refractivity contribution in [2.45, 2.75) is 66.2 Å². The molecule has 16 heavy (non-hydrogen) atoms. The highest BCUT2D eigenvalue weighted by atomic mass is 14.6. The van der Waals surface area contributed by atoms with E-state index < -0.39 is 0 Å². The van der Waals surface area contributed by atoms with Crippen molar-refractivity contribution in [2.24, 2.45) is 34.5 Å². The summed E-state index contributed by atoms with van der Waals surface area (Å²) in [5, 5.41) is 0. The summed E-state index contributed by atoms with van der Waals surface area (Å²) in [5.41, 5.74) is 1.29. The highest BCUT2D eigenvalue weighted by molar-refractivity contribution is 5.02. The van der Waals surface area contributed by atoms with E-state index in [1.54, 1.807) is 6.42 Å². The van der Waals surface area contributed by atoms with Gasteiger partial charge in [-0.3, -0.25) is 0 Å². The Balaban J connectivity index is 1.83. The Labute approximate surface area is 101 Å². The van der Waals surface area contributed by atoms with E-state index in [1.807, 2.05) is 0 Å². The van der Waals surface area contributed by atoms with Crippen molar-refractivity contribution in [3.8, 4) is 0 Å². The summed E-state index contributed by atoms with van der Waals surface area (Å²) >= 11 is 0. The van der Waals surface area contributed by atoms with Crippen molar-refractivity contribution in [3.05, 3.63) is 0 Å². The van der Waals surface area contributed by atoms with Crippen LogP contribution in [-0.2, 0) is 0 Å². The van der Waals surface area contributed by atoms with E-state index in [9.17, 15) is 0 Å². The monoisotopic (exact) mass is 220 g/mol. The third kappa shape index (κ3) is 1.73. The lowest BCUT2D eigenvalue weighted by atomic mass is 9.65. The van der Waals surface area contributed by atoms with E-state index in [0.29, 0.717) is 10.8 Å². The lowest BCUT2D eigenvalue weighted by molar-refractivity contribution is 0.105. The van der Waals surface area contributed by atoms with Crippen molar-refractivity contribution < 1.29 is 0 Å². The van der Waals surface area contributed by atoms with Crippen LogP contribution in [0.25, 0.3) is 0 Å². The summed E-state index contributed by atoms with van der Waals surface area (Å²) in [5.74, 6) is 4.38. The predicted octanol–water partition coefficient (Wildman–Crippen LogP) is 4.89. The maximum absolute atomic E-state index is 2.51. The second-order valence-electron chi connectivity index (χ2n) is 8.56. The summed E-state index contributed by atoms with van der Waals surface area (Å²) < 4.78 is 0. The number of rotatable bonds is 0. The first kappa shape index (κ1) is 11.1. The molecule has 2 bridgehead atoms. The van der Waals surface area contributed by atoms with Crippen LogP contribution in [0.15, 0.2) is 0 Å². The van der Waals surface area contributed by atoms with Gasteiger partial charge in [0.05, 0.1) is 0 Å². The molecule has 0 saturated heterocycles. The van der Waals surface area contributed by atoms with Gasteiger partial charge in [0.1, 0.15) is 0 Å². The van der Waals surface area contributed by atoms with Gasteiger partial charge in [0.25, 0.3) is 0 Å². The molecule has 3 aliphatic carbocycles. The van der Waals surface area contributed by atoms with E-state index >= 15 is 0 Å². The molecule has 4 atom stereocenters. The largest absolute Gasteiger partial charge is 0.0599 e. The van der Waals surface area contributed by atoms with Crippen LogP contribution in [0.5, 0.6) is 0 Å². The molecule has 0 aromatic carbocycles. The fourth-order valence-corrected chi connectivity index (χ4v) is 5.48. The van der Waals surface area contributed by atoms with Gasteiger partial charge < -0.3 is 0 Å². The zero-order valence-electron chi connectivity index (χ0n) is 11.6. The Kier molecular flexibility index (Phi) is 2.27. The molecule has 0 nitrogen and oxygen atoms in total. The van der Waals surface area contributed by atoms with Gasteiger partial charge >= 0.3 is 0 Å². The van der Waals surface area contributed by atoms with Crippen LogP contribution in [0.1, 0.15) is 66.2 Å². The molecule has 0 N–H and O–H groups in total. The summed E-state index contributed by atoms with van der Waals surface area (Å²) in [7, 11) is 0. The highest BCUT2D eigenvalue weighted by Gasteiger charge is 2.52. The van der Waals surface area contributed by atoms with Crippen LogP contribution in [0.4, 0.5) is 0 Å². The first-order chi connectivity index (χ1) is 7.36. The second-order valence-corrected chi connectivity index (χ2v) is 8.56. The Morgan fingerprint density at radius 1 is 0.750 bits per heavy atom. The third-order valence-electron chi connectivity index (χ3n) is 5.94. The van der Waals surface area contributed by atoms with Gasteiger partial charge in [-0.2, -0.15) is 0 Å². The maximum atomic E-state index is 2.51. The zero-order valence-corrected chi connectivity index (χ0v) is 11.6. The topological polar surface area (TPSA) is 0 Å². The van der Waals surface area contributed by atoms with Crippen LogP contribution in [-0.4, -0.2) is 0 Å². The maximum Gasteiger partial charge on any atom is -0.0349 e. The zero-order chi connectivity index (χ0) is 11.6. The van der Waals surface area contributed by atoms with Crippen LogP contribution < -0.4 is 0 Å². The molecule has 0 spiro atoms. The minimum atomic E-state index is 0.642. The lowest BCUT2D eigenvalue weighted by Crippen LogP contribution is -2.30. The van der Waals surface area contributed by atoms with Gasteiger partial charge in [-0.1, -0.05) is 27.7 Å². The van der Waals surface area contributed by atoms with Crippen molar-refractivity contribution in [1.82, 2.24) is 0 Å². The summed E-state index contributed by atoms with van der Waals surface area (Å²) in [6, 6.07) is 0. The van der Waals surface area contributed by atoms with E-state index in [4.69, 9.17) is 0 Å². The quantitative estimate of drug-likeness (QED) is 0.545. The molecule has 0 aromatic rings. The van der Waals surface area contributed by atoms with Gasteiger partial charge in [-0.15, -0.1) is 0 Å². The van der Waals surface area contributed by atoms with Crippen LogP contribution in [0.3, 0.4) is 0 Å². The minimum Gasteiger partial charge on any atom is -0.0599 e. The van der Waals surface area contributed by atoms with Crippen molar-refractivity contribution in [2.75, 3.05) is 0 Å². The first-order valence-electron chi connectivity index (χ1n) is 7.36. The van der Waals surface area contributed by atoms with E-state index in [0.717, 1.165) is 23.7 Å². The fraction of sp³-hybridized carbons (Fsp3) is 1.00. The molecule has 0 amide bonds. The van der Waals surface area contributed by atoms with Gasteiger partial charge in [0.15, 0.2) is 0 Å². The molecule has 3 aliphatic rings. The van der Waals surface area contributed by atoms with Crippen LogP contribution in [0.2, 0.25) is 0 Å². The smallest absolute Gasteiger partial charge is 0.0349 e. The molecular formula is C16H28. The highest BCUT2D eigenvalue weighted by Crippen LogP contribution is 2.62. The minimum absolute atomic E-state index is 0.642. The summed E-state index contributed by atoms with van der Waals surface area (Å²) in [4.78, 5) is 0. The molecule has 0 heterocycles. The molecule has 0 heteroatoms. The van der Waals surface area contributed by atoms with Crippen molar-refractivity contribution in [1.29, 1.82) is 0 Å². The van der Waals surface area contributed by atoms with E-state index in [1.165, 1.54) is 32.1 Å². The molecule has 0 aliphatic heterocycles. The third-order valence-corrected chi connectivity index (χ3v) is 5.94. The molecule has 0 radical (unpaired) electrons. The lowest BCUT2D eigenvalue weighted by Gasteiger charge is -2.40. The molecule has 3 fully saturated rings. The van der Waals surface area contributed by atoms with Gasteiger partial charge in [0, 0.05) is 0 Å². The molecule has 0 aromatic heterocycles. The normalized spacial score (nSPS) is 48.8. The average molecular weight is 220 g/mol. The molecule has 92 valence electrons. The average Bonchev–Trinajstić information content (AvgIpc) is 2.36. The van der Waals surface area contributed by atoms with Gasteiger partial charge in [-0.25, -0.2) is 0 Å². The van der Waals surface area contributed by atoms with Crippen LogP contribution in [0, 0.1) is 34.5 Å². The Bertz CT molecular complexity index is 286. The molecule has 4 unspecified atom stereocenters. The molecular weight excluding hydrogens is 192 g/mol. The number of hydrogen-bond donors (Lipinski definition) is 0. The Hall–Kier alpha value is 0. The summed E-state index contributed by atoms with van der Waals surface area (Å²) in [6.07, 6.45) is 9.16. The Morgan fingerprint density at radius 2 is 1.38 bits per heavy atom. The van der Waals surface area contributed by atoms with Gasteiger partial charge in [-0.05, 0) is 73.0 Å². The number of fused-ring (bicyclic) bond motifs is 5. The van der Waals surface area contributed by atoms with Crippen LogP contribution >= 0.6 is 0 Å². The van der Waals surface area contributed by atoms with Crippen molar-refractivity contribution in [3.63, 3.8) is 0 Å². The molecule has 3 saturated carbocycles. The van der Waals surface area contributed by atoms with Crippen molar-refractivity contribution >= 4 is 0 Å². The fourth-order valence-electron chi connectivity index (χ4n) is 5.48. The predicted molar refractivity (Wildman–Crippen MR) is 69.2 cm³/mol. The van der Waals surface area contributed by atoms with E-state index in [-0.39, 0.29) is 0 Å². The standard InChI is InChI=1S/C16H28/c1-15(2)6-5-13-11-7-12(14(13)10-15)9-16(3,4)8-11/h11-14H,5-10H2,1-4H3. The van der Waals surface area contributed by atoms with E-state index in [2.05, 4.69) is 27.7 Å². The first-order valence-corrected chi connectivity index (χ1v) is 7.36. The summed E-state index contributed by atoms with van der Waals surface area (Å²) in [6.45, 7) is 10.0. The molecule has 3 rings (SSSR count).